The lowest BCUT2D eigenvalue weighted by atomic mass is 10.0. The van der Waals surface area contributed by atoms with Gasteiger partial charge in [-0.05, 0) is 40.2 Å². The van der Waals surface area contributed by atoms with Gasteiger partial charge in [0.05, 0.1) is 0 Å². The van der Waals surface area contributed by atoms with E-state index >= 15 is 0 Å². The number of thiazole rings is 1. The van der Waals surface area contributed by atoms with Gasteiger partial charge in [-0.25, -0.2) is 14.6 Å². The number of hydrogen-bond acceptors (Lipinski definition) is 11. The molecule has 0 spiro atoms. The van der Waals surface area contributed by atoms with Crippen molar-refractivity contribution in [1.29, 1.82) is 0 Å². The van der Waals surface area contributed by atoms with Crippen LogP contribution < -0.4 is 16.0 Å². The zero-order chi connectivity index (χ0) is 29.1. The molecule has 2 aliphatic rings. The third kappa shape index (κ3) is 7.19. The van der Waals surface area contributed by atoms with Crippen molar-refractivity contribution in [2.75, 3.05) is 16.9 Å². The van der Waals surface area contributed by atoms with Gasteiger partial charge in [0.1, 0.15) is 28.4 Å². The SMILES string of the molecule is CC(C)(C)OC(=O)NC(C)(C)ON=C(C(=O)NC1C(=O)N2C(C(=O)O)=C(CCl)CS[C@@H]12)c1csc(NC=O)n1. The Hall–Kier alpha value is -3.37. The fourth-order valence-corrected chi connectivity index (χ4v) is 5.77. The quantitative estimate of drug-likeness (QED) is 0.0765. The number of nitrogens with zero attached hydrogens (tertiary/aromatic N) is 3. The van der Waals surface area contributed by atoms with E-state index in [4.69, 9.17) is 21.2 Å². The zero-order valence-corrected chi connectivity index (χ0v) is 24.0. The van der Waals surface area contributed by atoms with Gasteiger partial charge >= 0.3 is 12.1 Å². The average molecular weight is 603 g/mol. The highest BCUT2D eigenvalue weighted by Gasteiger charge is 2.54. The number of hydrogen-bond donors (Lipinski definition) is 4. The Labute approximate surface area is 236 Å². The molecular weight excluding hydrogens is 576 g/mol. The van der Waals surface area contributed by atoms with Crippen molar-refractivity contribution in [2.45, 2.75) is 57.4 Å². The van der Waals surface area contributed by atoms with E-state index in [1.807, 2.05) is 0 Å². The number of carbonyl (C=O) groups excluding carboxylic acids is 4. The number of aromatic nitrogens is 1. The average Bonchev–Trinajstić information content (AvgIpc) is 3.28. The summed E-state index contributed by atoms with van der Waals surface area (Å²) in [5.41, 5.74) is -2.33. The molecule has 212 valence electrons. The maximum Gasteiger partial charge on any atom is 0.410 e. The molecule has 1 unspecified atom stereocenters. The van der Waals surface area contributed by atoms with Crippen LogP contribution in [0.3, 0.4) is 0 Å². The highest BCUT2D eigenvalue weighted by atomic mass is 35.5. The number of ether oxygens (including phenoxy) is 1. The van der Waals surface area contributed by atoms with Gasteiger partial charge in [0.15, 0.2) is 10.8 Å². The number of carboxylic acid groups (broad SMARTS) is 1. The number of thioether (sulfide) groups is 1. The number of alkyl carbamates (subject to hydrolysis) is 1. The standard InChI is InChI=1S/C22H27ClN6O8S2/c1-21(2,3)36-20(35)27-22(4,5)37-28-12(11-8-39-19(25-11)24-9-30)15(31)26-13-16(32)29-14(18(33)34)10(6-23)7-38-17(13)29/h8-9,13,17H,6-7H2,1-5H3,(H,26,31)(H,27,35)(H,33,34)(H,24,25,30)/t13?,17-/m0/s1. The molecule has 1 saturated heterocycles. The van der Waals surface area contributed by atoms with Crippen LogP contribution in [0, 0.1) is 0 Å². The molecule has 3 rings (SSSR count). The number of halogens is 1. The highest BCUT2D eigenvalue weighted by Crippen LogP contribution is 2.40. The van der Waals surface area contributed by atoms with Crippen molar-refractivity contribution < 1.29 is 38.7 Å². The molecule has 0 bridgehead atoms. The summed E-state index contributed by atoms with van der Waals surface area (Å²) >= 11 is 8.12. The Kier molecular flexibility index (Phi) is 9.12. The molecule has 0 aliphatic carbocycles. The van der Waals surface area contributed by atoms with Crippen LogP contribution in [0.4, 0.5) is 9.93 Å². The van der Waals surface area contributed by atoms with E-state index in [9.17, 15) is 29.1 Å². The minimum atomic E-state index is -1.44. The Morgan fingerprint density at radius 3 is 2.59 bits per heavy atom. The number of carbonyl (C=O) groups is 5. The molecule has 2 atom stereocenters. The summed E-state index contributed by atoms with van der Waals surface area (Å²) in [7, 11) is 0. The van der Waals surface area contributed by atoms with Gasteiger partial charge in [0, 0.05) is 17.0 Å². The molecule has 3 heterocycles. The van der Waals surface area contributed by atoms with Gasteiger partial charge in [0.2, 0.25) is 12.1 Å². The molecule has 2 aliphatic heterocycles. The number of nitrogens with one attached hydrogen (secondary N) is 3. The fraction of sp³-hybridized carbons (Fsp3) is 0.500. The number of alkyl halides is 1. The Bertz CT molecular complexity index is 1240. The van der Waals surface area contributed by atoms with Crippen molar-refractivity contribution in [1.82, 2.24) is 20.5 Å². The van der Waals surface area contributed by atoms with E-state index in [1.165, 1.54) is 31.0 Å². The van der Waals surface area contributed by atoms with Gasteiger partial charge in [-0.1, -0.05) is 5.16 Å². The molecule has 0 radical (unpaired) electrons. The number of β-lactam (4-membered cyclic amide) rings is 1. The first-order valence-electron chi connectivity index (χ1n) is 11.4. The van der Waals surface area contributed by atoms with E-state index in [-0.39, 0.29) is 33.9 Å². The van der Waals surface area contributed by atoms with Crippen LogP contribution in [-0.2, 0) is 28.8 Å². The minimum absolute atomic E-state index is 0.0189. The molecular formula is C22H27ClN6O8S2. The maximum absolute atomic E-state index is 13.3. The van der Waals surface area contributed by atoms with E-state index in [0.29, 0.717) is 12.0 Å². The maximum atomic E-state index is 13.3. The summed E-state index contributed by atoms with van der Waals surface area (Å²) in [6.07, 6.45) is -0.373. The second-order valence-corrected chi connectivity index (χ2v) is 12.0. The second-order valence-electron chi connectivity index (χ2n) is 9.72. The van der Waals surface area contributed by atoms with Gasteiger partial charge in [-0.15, -0.1) is 34.7 Å². The van der Waals surface area contributed by atoms with Crippen molar-refractivity contribution >= 4 is 75.8 Å². The lowest BCUT2D eigenvalue weighted by Gasteiger charge is -2.49. The smallest absolute Gasteiger partial charge is 0.410 e. The normalized spacial score (nSPS) is 19.5. The van der Waals surface area contributed by atoms with Crippen LogP contribution in [0.15, 0.2) is 21.8 Å². The van der Waals surface area contributed by atoms with Crippen LogP contribution in [-0.4, -0.2) is 85.4 Å². The molecule has 1 fully saturated rings. The lowest BCUT2D eigenvalue weighted by molar-refractivity contribution is -0.150. The molecule has 4 N–H and O–H groups in total. The number of amides is 4. The molecule has 17 heteroatoms. The number of rotatable bonds is 10. The monoisotopic (exact) mass is 602 g/mol. The predicted octanol–water partition coefficient (Wildman–Crippen LogP) is 1.67. The van der Waals surface area contributed by atoms with Crippen LogP contribution in [0.25, 0.3) is 0 Å². The molecule has 4 amide bonds. The van der Waals surface area contributed by atoms with Crippen molar-refractivity contribution in [3.8, 4) is 0 Å². The number of oxime groups is 1. The summed E-state index contributed by atoms with van der Waals surface area (Å²) in [6.45, 7) is 8.00. The summed E-state index contributed by atoms with van der Waals surface area (Å²) in [4.78, 5) is 71.6. The third-order valence-corrected chi connectivity index (χ3v) is 7.44. The summed E-state index contributed by atoms with van der Waals surface area (Å²) < 4.78 is 5.21. The van der Waals surface area contributed by atoms with Crippen LogP contribution in [0.5, 0.6) is 0 Å². The molecule has 1 aromatic rings. The summed E-state index contributed by atoms with van der Waals surface area (Å²) in [5.74, 6) is -2.55. The van der Waals surface area contributed by atoms with Gasteiger partial charge < -0.3 is 25.3 Å². The number of anilines is 1. The third-order valence-electron chi connectivity index (χ3n) is 5.01. The first-order valence-corrected chi connectivity index (χ1v) is 13.8. The van der Waals surface area contributed by atoms with Gasteiger partial charge in [-0.2, -0.15) is 0 Å². The number of aliphatic carboxylic acids is 1. The summed E-state index contributed by atoms with van der Waals surface area (Å²) in [6, 6.07) is -1.06. The highest BCUT2D eigenvalue weighted by molar-refractivity contribution is 8.00. The second kappa shape index (κ2) is 11.8. The van der Waals surface area contributed by atoms with Gasteiger partial charge in [0.25, 0.3) is 11.8 Å². The molecule has 0 saturated carbocycles. The first kappa shape index (κ1) is 30.2. The first-order chi connectivity index (χ1) is 18.2. The van der Waals surface area contributed by atoms with E-state index in [1.54, 1.807) is 20.8 Å². The largest absolute Gasteiger partial charge is 0.477 e. The topological polar surface area (TPSA) is 189 Å². The number of fused-ring (bicyclic) bond motifs is 1. The van der Waals surface area contributed by atoms with Crippen LogP contribution >= 0.6 is 34.7 Å². The zero-order valence-electron chi connectivity index (χ0n) is 21.6. The van der Waals surface area contributed by atoms with E-state index < -0.39 is 46.6 Å². The fourth-order valence-electron chi connectivity index (χ4n) is 3.43. The van der Waals surface area contributed by atoms with Gasteiger partial charge in [-0.3, -0.25) is 24.6 Å². The summed E-state index contributed by atoms with van der Waals surface area (Å²) in [5, 5.41) is 21.8. The predicted molar refractivity (Wildman–Crippen MR) is 143 cm³/mol. The van der Waals surface area contributed by atoms with Crippen LogP contribution in [0.1, 0.15) is 40.3 Å². The molecule has 39 heavy (non-hydrogen) atoms. The molecule has 0 aromatic carbocycles. The molecule has 14 nitrogen and oxygen atoms in total. The van der Waals surface area contributed by atoms with Crippen molar-refractivity contribution in [3.63, 3.8) is 0 Å². The Morgan fingerprint density at radius 1 is 1.31 bits per heavy atom. The van der Waals surface area contributed by atoms with Crippen molar-refractivity contribution in [2.24, 2.45) is 5.16 Å². The van der Waals surface area contributed by atoms with Crippen LogP contribution in [0.2, 0.25) is 0 Å². The van der Waals surface area contributed by atoms with E-state index in [0.717, 1.165) is 16.2 Å². The Morgan fingerprint density at radius 2 is 2.00 bits per heavy atom. The van der Waals surface area contributed by atoms with Crippen molar-refractivity contribution in [3.05, 3.63) is 22.3 Å². The molecule has 1 aromatic heterocycles. The minimum Gasteiger partial charge on any atom is -0.477 e. The lowest BCUT2D eigenvalue weighted by Crippen LogP contribution is -2.71. The van der Waals surface area contributed by atoms with E-state index in [2.05, 4.69) is 26.1 Å². The Balaban J connectivity index is 1.82. The number of carboxylic acids is 1.